The molecule has 0 spiro atoms. The third kappa shape index (κ3) is 6.32. The number of benzene rings is 1. The van der Waals surface area contributed by atoms with Gasteiger partial charge in [0.2, 0.25) is 0 Å². The van der Waals surface area contributed by atoms with Crippen molar-refractivity contribution >= 4 is 11.3 Å². The molecule has 1 aromatic heterocycles. The molecule has 0 unspecified atom stereocenters. The van der Waals surface area contributed by atoms with Crippen LogP contribution in [0, 0.1) is 5.92 Å². The van der Waals surface area contributed by atoms with E-state index in [1.165, 1.54) is 43.2 Å². The summed E-state index contributed by atoms with van der Waals surface area (Å²) in [4.78, 5) is 4.99. The Morgan fingerprint density at radius 2 is 1.84 bits per heavy atom. The van der Waals surface area contributed by atoms with E-state index < -0.39 is 0 Å². The number of aliphatic hydroxyl groups is 1. The van der Waals surface area contributed by atoms with E-state index in [-0.39, 0.29) is 5.76 Å². The van der Waals surface area contributed by atoms with Crippen LogP contribution in [0.3, 0.4) is 0 Å². The van der Waals surface area contributed by atoms with Gasteiger partial charge < -0.3 is 5.11 Å². The first-order valence-electron chi connectivity index (χ1n) is 12.0. The smallest absolute Gasteiger partial charge is 0.115 e. The highest BCUT2D eigenvalue weighted by Crippen LogP contribution is 2.33. The summed E-state index contributed by atoms with van der Waals surface area (Å²) < 4.78 is 0. The van der Waals surface area contributed by atoms with Gasteiger partial charge in [0, 0.05) is 22.9 Å². The fourth-order valence-electron chi connectivity index (χ4n) is 4.38. The average Bonchev–Trinajstić information content (AvgIpc) is 2.82. The van der Waals surface area contributed by atoms with E-state index in [4.69, 9.17) is 4.98 Å². The average molecular weight is 428 g/mol. The van der Waals surface area contributed by atoms with Crippen molar-refractivity contribution in [3.63, 3.8) is 0 Å². The van der Waals surface area contributed by atoms with Gasteiger partial charge in [-0.1, -0.05) is 99.7 Å². The molecule has 0 aliphatic heterocycles. The van der Waals surface area contributed by atoms with Gasteiger partial charge in [-0.3, -0.25) is 4.98 Å². The summed E-state index contributed by atoms with van der Waals surface area (Å²) in [5.74, 6) is 0.862. The quantitative estimate of drug-likeness (QED) is 0.337. The Hall–Kier alpha value is -2.87. The van der Waals surface area contributed by atoms with Crippen LogP contribution >= 0.6 is 0 Å². The van der Waals surface area contributed by atoms with Crippen molar-refractivity contribution in [1.82, 2.24) is 4.98 Å². The first kappa shape index (κ1) is 23.8. The van der Waals surface area contributed by atoms with Crippen molar-refractivity contribution in [1.29, 1.82) is 0 Å². The highest BCUT2D eigenvalue weighted by Gasteiger charge is 2.17. The summed E-state index contributed by atoms with van der Waals surface area (Å²) in [5, 5.41) is 9.74. The van der Waals surface area contributed by atoms with Crippen LogP contribution in [0.1, 0.15) is 76.1 Å². The van der Waals surface area contributed by atoms with Gasteiger partial charge >= 0.3 is 0 Å². The van der Waals surface area contributed by atoms with Crippen molar-refractivity contribution in [2.24, 2.45) is 5.92 Å². The summed E-state index contributed by atoms with van der Waals surface area (Å²) in [5.41, 5.74) is 7.74. The lowest BCUT2D eigenvalue weighted by atomic mass is 9.84. The highest BCUT2D eigenvalue weighted by molar-refractivity contribution is 5.84. The molecule has 2 nitrogen and oxygen atoms in total. The van der Waals surface area contributed by atoms with Gasteiger partial charge in [0.25, 0.3) is 0 Å². The summed E-state index contributed by atoms with van der Waals surface area (Å²) >= 11 is 0. The van der Waals surface area contributed by atoms with Crippen LogP contribution in [0.15, 0.2) is 73.0 Å². The van der Waals surface area contributed by atoms with E-state index in [1.54, 1.807) is 0 Å². The summed E-state index contributed by atoms with van der Waals surface area (Å²) in [6, 6.07) is 10.3. The number of pyridine rings is 1. The number of allylic oxidation sites excluding steroid dienone is 6. The molecule has 0 radical (unpaired) electrons. The highest BCUT2D eigenvalue weighted by atomic mass is 16.3. The van der Waals surface area contributed by atoms with Crippen LogP contribution in [-0.2, 0) is 6.42 Å². The Bertz CT molecular complexity index is 1000. The summed E-state index contributed by atoms with van der Waals surface area (Å²) in [7, 11) is 0. The summed E-state index contributed by atoms with van der Waals surface area (Å²) in [6.07, 6.45) is 19.5. The third-order valence-electron chi connectivity index (χ3n) is 6.45. The van der Waals surface area contributed by atoms with Crippen molar-refractivity contribution in [2.75, 3.05) is 0 Å². The van der Waals surface area contributed by atoms with Crippen molar-refractivity contribution in [3.05, 3.63) is 89.8 Å². The maximum absolute atomic E-state index is 9.74. The van der Waals surface area contributed by atoms with Crippen LogP contribution in [0.2, 0.25) is 0 Å². The van der Waals surface area contributed by atoms with Crippen LogP contribution in [0.25, 0.3) is 22.5 Å². The van der Waals surface area contributed by atoms with Crippen LogP contribution in [-0.4, -0.2) is 10.1 Å². The van der Waals surface area contributed by atoms with Crippen molar-refractivity contribution in [2.45, 2.75) is 65.7 Å². The zero-order chi connectivity index (χ0) is 22.9. The second kappa shape index (κ2) is 11.7. The predicted octanol–water partition coefficient (Wildman–Crippen LogP) is 8.72. The molecule has 0 saturated heterocycles. The maximum Gasteiger partial charge on any atom is 0.115 e. The zero-order valence-electron chi connectivity index (χ0n) is 19.9. The van der Waals surface area contributed by atoms with Gasteiger partial charge in [-0.2, -0.15) is 0 Å². The van der Waals surface area contributed by atoms with Gasteiger partial charge in [0.15, 0.2) is 0 Å². The topological polar surface area (TPSA) is 33.1 Å². The van der Waals surface area contributed by atoms with E-state index in [2.05, 4.69) is 69.1 Å². The van der Waals surface area contributed by atoms with Crippen LogP contribution < -0.4 is 0 Å². The number of hydrogen-bond donors (Lipinski definition) is 1. The minimum Gasteiger partial charge on any atom is -0.508 e. The number of rotatable bonds is 8. The lowest BCUT2D eigenvalue weighted by Crippen LogP contribution is -2.10. The van der Waals surface area contributed by atoms with Gasteiger partial charge in [-0.25, -0.2) is 0 Å². The fourth-order valence-corrected chi connectivity index (χ4v) is 4.38. The molecule has 1 fully saturated rings. The molecule has 32 heavy (non-hydrogen) atoms. The molecule has 1 aromatic carbocycles. The number of hydrogen-bond acceptors (Lipinski definition) is 2. The second-order valence-electron chi connectivity index (χ2n) is 8.96. The molecule has 1 aliphatic rings. The molecule has 1 heterocycles. The molecule has 0 bridgehead atoms. The van der Waals surface area contributed by atoms with E-state index in [9.17, 15) is 5.11 Å². The Balaban J connectivity index is 2.07. The van der Waals surface area contributed by atoms with Gasteiger partial charge in [-0.15, -0.1) is 0 Å². The Labute approximate surface area is 194 Å². The van der Waals surface area contributed by atoms with E-state index in [0.717, 1.165) is 46.7 Å². The molecule has 1 N–H and O–H groups in total. The molecular formula is C30H37NO. The lowest BCUT2D eigenvalue weighted by Gasteiger charge is -2.22. The first-order valence-corrected chi connectivity index (χ1v) is 12.0. The maximum atomic E-state index is 9.74. The lowest BCUT2D eigenvalue weighted by molar-refractivity contribution is 0.356. The molecule has 1 saturated carbocycles. The van der Waals surface area contributed by atoms with E-state index in [1.807, 2.05) is 19.1 Å². The minimum atomic E-state index is 0.0932. The van der Waals surface area contributed by atoms with E-state index >= 15 is 0 Å². The van der Waals surface area contributed by atoms with Crippen molar-refractivity contribution < 1.29 is 5.11 Å². The molecule has 0 atom stereocenters. The summed E-state index contributed by atoms with van der Waals surface area (Å²) in [6.45, 7) is 10.0. The Morgan fingerprint density at radius 1 is 1.12 bits per heavy atom. The molecule has 1 aliphatic carbocycles. The van der Waals surface area contributed by atoms with Gasteiger partial charge in [-0.05, 0) is 49.8 Å². The third-order valence-corrected chi connectivity index (χ3v) is 6.45. The molecule has 2 heteroatoms. The molecule has 0 amide bonds. The zero-order valence-corrected chi connectivity index (χ0v) is 19.9. The molecule has 3 rings (SSSR count). The monoisotopic (exact) mass is 427 g/mol. The van der Waals surface area contributed by atoms with Gasteiger partial charge in [0.05, 0.1) is 5.69 Å². The molecule has 2 aromatic rings. The normalized spacial score (nSPS) is 16.0. The Morgan fingerprint density at radius 3 is 2.47 bits per heavy atom. The number of aliphatic hydroxyl groups excluding tert-OH is 1. The van der Waals surface area contributed by atoms with Gasteiger partial charge in [0.1, 0.15) is 5.76 Å². The second-order valence-corrected chi connectivity index (χ2v) is 8.96. The predicted molar refractivity (Wildman–Crippen MR) is 138 cm³/mol. The molecular weight excluding hydrogens is 390 g/mol. The molecule has 168 valence electrons. The standard InChI is InChI=1S/C30H37NO/c1-5-10-28(14-13-22(3)6-2)30-29(27-17-15-26(16-18-27)23(4)32)20-25(21-31-30)19-24-11-8-7-9-12-24/h5,10,13-18,20-21,24,32H,4,6-9,11-12,19H2,1-3H3/b10-5-,22-13+,28-14+. The number of nitrogens with zero attached hydrogens (tertiary/aromatic N) is 1. The number of aromatic nitrogens is 1. The minimum absolute atomic E-state index is 0.0932. The van der Waals surface area contributed by atoms with Crippen LogP contribution in [0.4, 0.5) is 0 Å². The van der Waals surface area contributed by atoms with E-state index in [0.29, 0.717) is 0 Å². The Kier molecular flexibility index (Phi) is 8.67. The fraction of sp³-hybridized carbons (Fsp3) is 0.367. The first-order chi connectivity index (χ1) is 15.5. The van der Waals surface area contributed by atoms with Crippen LogP contribution in [0.5, 0.6) is 0 Å². The largest absolute Gasteiger partial charge is 0.508 e. The van der Waals surface area contributed by atoms with Crippen molar-refractivity contribution in [3.8, 4) is 11.1 Å². The SMILES string of the molecule is C=C(O)c1ccc(-c2cc(CC3CCCCC3)cnc2C(/C=C\C)=C/C=C(\C)CC)cc1.